The van der Waals surface area contributed by atoms with E-state index in [9.17, 15) is 0 Å². The molecular formula is C12H17N3OS. The summed E-state index contributed by atoms with van der Waals surface area (Å²) >= 11 is 1.61. The second kappa shape index (κ2) is 6.02. The Bertz CT molecular complexity index is 391. The summed E-state index contributed by atoms with van der Waals surface area (Å²) in [6.07, 6.45) is 7.63. The van der Waals surface area contributed by atoms with Crippen LogP contribution in [-0.2, 0) is 4.74 Å². The van der Waals surface area contributed by atoms with Gasteiger partial charge < -0.3 is 10.1 Å². The molecule has 17 heavy (non-hydrogen) atoms. The van der Waals surface area contributed by atoms with Gasteiger partial charge in [-0.2, -0.15) is 0 Å². The monoisotopic (exact) mass is 251 g/mol. The van der Waals surface area contributed by atoms with Gasteiger partial charge in [0, 0.05) is 31.0 Å². The fourth-order valence-electron chi connectivity index (χ4n) is 1.77. The summed E-state index contributed by atoms with van der Waals surface area (Å²) in [6.45, 7) is 5.39. The standard InChI is InChI=1S/C12H17N3OS/c1-3-9-8-13-12(15-11(9)17-2)14-10-4-6-16-7-5-10/h3,8,10H,1,4-7H2,2H3,(H,13,14,15). The normalized spacial score (nSPS) is 16.8. The highest BCUT2D eigenvalue weighted by Gasteiger charge is 2.14. The Labute approximate surface area is 106 Å². The van der Waals surface area contributed by atoms with Gasteiger partial charge in [0.2, 0.25) is 5.95 Å². The molecule has 1 saturated heterocycles. The van der Waals surface area contributed by atoms with Gasteiger partial charge in [0.05, 0.1) is 0 Å². The number of aromatic nitrogens is 2. The van der Waals surface area contributed by atoms with Crippen LogP contribution in [-0.4, -0.2) is 35.5 Å². The molecule has 4 nitrogen and oxygen atoms in total. The number of nitrogens with zero attached hydrogens (tertiary/aromatic N) is 2. The minimum atomic E-state index is 0.424. The third-order valence-corrected chi connectivity index (χ3v) is 3.46. The highest BCUT2D eigenvalue weighted by molar-refractivity contribution is 7.98. The van der Waals surface area contributed by atoms with Crippen molar-refractivity contribution in [3.63, 3.8) is 0 Å². The lowest BCUT2D eigenvalue weighted by Crippen LogP contribution is -2.28. The zero-order valence-electron chi connectivity index (χ0n) is 9.98. The van der Waals surface area contributed by atoms with Crippen molar-refractivity contribution in [2.75, 3.05) is 24.8 Å². The molecule has 0 bridgehead atoms. The molecule has 0 radical (unpaired) electrons. The number of hydrogen-bond donors (Lipinski definition) is 1. The predicted octanol–water partition coefficient (Wildman–Crippen LogP) is 2.43. The lowest BCUT2D eigenvalue weighted by molar-refractivity contribution is 0.0903. The summed E-state index contributed by atoms with van der Waals surface area (Å²) in [7, 11) is 0. The van der Waals surface area contributed by atoms with Crippen molar-refractivity contribution in [2.24, 2.45) is 0 Å². The number of nitrogens with one attached hydrogen (secondary N) is 1. The molecule has 0 aliphatic carbocycles. The molecule has 0 amide bonds. The Balaban J connectivity index is 2.07. The number of anilines is 1. The van der Waals surface area contributed by atoms with E-state index in [0.717, 1.165) is 36.6 Å². The van der Waals surface area contributed by atoms with Crippen molar-refractivity contribution in [1.29, 1.82) is 0 Å². The smallest absolute Gasteiger partial charge is 0.223 e. The van der Waals surface area contributed by atoms with Gasteiger partial charge in [0.25, 0.3) is 0 Å². The zero-order valence-corrected chi connectivity index (χ0v) is 10.8. The van der Waals surface area contributed by atoms with Crippen LogP contribution in [0.1, 0.15) is 18.4 Å². The Kier molecular flexibility index (Phi) is 4.39. The van der Waals surface area contributed by atoms with Crippen LogP contribution in [0.4, 0.5) is 5.95 Å². The van der Waals surface area contributed by atoms with E-state index in [1.807, 2.05) is 12.5 Å². The van der Waals surface area contributed by atoms with E-state index in [1.54, 1.807) is 17.8 Å². The first-order chi connectivity index (χ1) is 8.33. The molecule has 0 spiro atoms. The number of rotatable bonds is 4. The molecule has 2 heterocycles. The molecule has 5 heteroatoms. The fourth-order valence-corrected chi connectivity index (χ4v) is 2.32. The van der Waals surface area contributed by atoms with Gasteiger partial charge in [0.1, 0.15) is 5.03 Å². The number of thioether (sulfide) groups is 1. The van der Waals surface area contributed by atoms with Crippen LogP contribution in [0.2, 0.25) is 0 Å². The van der Waals surface area contributed by atoms with Crippen LogP contribution >= 0.6 is 11.8 Å². The molecule has 0 aromatic carbocycles. The van der Waals surface area contributed by atoms with Gasteiger partial charge in [-0.05, 0) is 19.1 Å². The molecular weight excluding hydrogens is 234 g/mol. The van der Waals surface area contributed by atoms with E-state index in [0.29, 0.717) is 12.0 Å². The summed E-state index contributed by atoms with van der Waals surface area (Å²) in [4.78, 5) is 8.79. The number of hydrogen-bond acceptors (Lipinski definition) is 5. The molecule has 2 rings (SSSR count). The maximum Gasteiger partial charge on any atom is 0.223 e. The number of ether oxygens (including phenoxy) is 1. The quantitative estimate of drug-likeness (QED) is 0.658. The second-order valence-corrected chi connectivity index (χ2v) is 4.69. The third-order valence-electron chi connectivity index (χ3n) is 2.75. The van der Waals surface area contributed by atoms with Crippen molar-refractivity contribution >= 4 is 23.8 Å². The van der Waals surface area contributed by atoms with Gasteiger partial charge in [-0.3, -0.25) is 0 Å². The molecule has 1 aliphatic heterocycles. The molecule has 1 aromatic heterocycles. The van der Waals surface area contributed by atoms with E-state index in [4.69, 9.17) is 4.74 Å². The van der Waals surface area contributed by atoms with Gasteiger partial charge in [-0.1, -0.05) is 12.7 Å². The van der Waals surface area contributed by atoms with Crippen molar-refractivity contribution in [3.05, 3.63) is 18.3 Å². The molecule has 0 atom stereocenters. The summed E-state index contributed by atoms with van der Waals surface area (Å²) in [5.74, 6) is 0.701. The van der Waals surface area contributed by atoms with E-state index < -0.39 is 0 Å². The van der Waals surface area contributed by atoms with Crippen LogP contribution in [0.15, 0.2) is 17.8 Å². The van der Waals surface area contributed by atoms with Crippen LogP contribution in [0, 0.1) is 0 Å². The average Bonchev–Trinajstić information content (AvgIpc) is 2.40. The van der Waals surface area contributed by atoms with Crippen molar-refractivity contribution in [2.45, 2.75) is 23.9 Å². The molecule has 1 N–H and O–H groups in total. The topological polar surface area (TPSA) is 47.0 Å². The summed E-state index contributed by atoms with van der Waals surface area (Å²) < 4.78 is 5.32. The maximum atomic E-state index is 5.32. The van der Waals surface area contributed by atoms with Gasteiger partial charge in [-0.15, -0.1) is 11.8 Å². The fraction of sp³-hybridized carbons (Fsp3) is 0.500. The van der Waals surface area contributed by atoms with Gasteiger partial charge in [-0.25, -0.2) is 9.97 Å². The predicted molar refractivity (Wildman–Crippen MR) is 71.4 cm³/mol. The molecule has 1 fully saturated rings. The Morgan fingerprint density at radius 1 is 1.53 bits per heavy atom. The highest BCUT2D eigenvalue weighted by atomic mass is 32.2. The van der Waals surface area contributed by atoms with Crippen molar-refractivity contribution in [3.8, 4) is 0 Å². The largest absolute Gasteiger partial charge is 0.381 e. The first kappa shape index (κ1) is 12.4. The lowest BCUT2D eigenvalue weighted by Gasteiger charge is -2.23. The first-order valence-electron chi connectivity index (χ1n) is 5.71. The summed E-state index contributed by atoms with van der Waals surface area (Å²) in [6, 6.07) is 0.424. The van der Waals surface area contributed by atoms with Gasteiger partial charge >= 0.3 is 0 Å². The average molecular weight is 251 g/mol. The minimum absolute atomic E-state index is 0.424. The summed E-state index contributed by atoms with van der Waals surface area (Å²) in [5, 5.41) is 4.32. The third kappa shape index (κ3) is 3.20. The van der Waals surface area contributed by atoms with E-state index in [2.05, 4.69) is 21.9 Å². The summed E-state index contributed by atoms with van der Waals surface area (Å²) in [5.41, 5.74) is 0.982. The van der Waals surface area contributed by atoms with Crippen molar-refractivity contribution < 1.29 is 4.74 Å². The molecule has 0 saturated carbocycles. The molecule has 0 unspecified atom stereocenters. The van der Waals surface area contributed by atoms with Crippen LogP contribution in [0.3, 0.4) is 0 Å². The zero-order chi connectivity index (χ0) is 12.1. The van der Waals surface area contributed by atoms with Crippen LogP contribution < -0.4 is 5.32 Å². The van der Waals surface area contributed by atoms with E-state index >= 15 is 0 Å². The molecule has 1 aromatic rings. The molecule has 92 valence electrons. The van der Waals surface area contributed by atoms with E-state index in [-0.39, 0.29) is 0 Å². The molecule has 1 aliphatic rings. The minimum Gasteiger partial charge on any atom is -0.381 e. The Morgan fingerprint density at radius 2 is 2.29 bits per heavy atom. The van der Waals surface area contributed by atoms with Gasteiger partial charge in [0.15, 0.2) is 0 Å². The van der Waals surface area contributed by atoms with Crippen LogP contribution in [0.25, 0.3) is 6.08 Å². The first-order valence-corrected chi connectivity index (χ1v) is 6.93. The van der Waals surface area contributed by atoms with Crippen LogP contribution in [0.5, 0.6) is 0 Å². The Morgan fingerprint density at radius 3 is 2.94 bits per heavy atom. The second-order valence-electron chi connectivity index (χ2n) is 3.89. The van der Waals surface area contributed by atoms with E-state index in [1.165, 1.54) is 0 Å². The highest BCUT2D eigenvalue weighted by Crippen LogP contribution is 2.20. The lowest BCUT2D eigenvalue weighted by atomic mass is 10.1. The van der Waals surface area contributed by atoms with Crippen molar-refractivity contribution in [1.82, 2.24) is 9.97 Å². The maximum absolute atomic E-state index is 5.32. The Hall–Kier alpha value is -1.07. The SMILES string of the molecule is C=Cc1cnc(NC2CCOCC2)nc1SC.